The zero-order valence-corrected chi connectivity index (χ0v) is 25.6. The van der Waals surface area contributed by atoms with Gasteiger partial charge in [-0.2, -0.15) is 0 Å². The maximum absolute atomic E-state index is 6.22. The van der Waals surface area contributed by atoms with Crippen LogP contribution in [0.25, 0.3) is 96.8 Å². The SMILES string of the molecule is c1ccc(-c2coc3cc4c(cc23)sc2cccc(-c3c5ccccc5c(-c5ccc6ccccc6c5)c5ccccc35)c24)cc1. The van der Waals surface area contributed by atoms with Gasteiger partial charge in [-0.05, 0) is 84.4 Å². The van der Waals surface area contributed by atoms with Crippen molar-refractivity contribution in [1.29, 1.82) is 0 Å². The number of rotatable bonds is 3. The van der Waals surface area contributed by atoms with Crippen LogP contribution in [0.3, 0.4) is 0 Å². The highest BCUT2D eigenvalue weighted by Crippen LogP contribution is 2.49. The fourth-order valence-corrected chi connectivity index (χ4v) is 8.62. The first-order valence-corrected chi connectivity index (χ1v) is 16.5. The van der Waals surface area contributed by atoms with Crippen LogP contribution in [-0.4, -0.2) is 0 Å². The van der Waals surface area contributed by atoms with Gasteiger partial charge in [-0.15, -0.1) is 11.3 Å². The predicted octanol–water partition coefficient (Wildman–Crippen LogP) is 13.3. The molecule has 1 nitrogen and oxygen atoms in total. The van der Waals surface area contributed by atoms with Crippen molar-refractivity contribution in [3.8, 4) is 33.4 Å². The fraction of sp³-hybridized carbons (Fsp3) is 0. The summed E-state index contributed by atoms with van der Waals surface area (Å²) in [6.07, 6.45) is 1.90. The molecule has 0 amide bonds. The molecule has 0 saturated carbocycles. The summed E-state index contributed by atoms with van der Waals surface area (Å²) in [5.41, 5.74) is 8.30. The van der Waals surface area contributed by atoms with Crippen LogP contribution in [0.4, 0.5) is 0 Å². The summed E-state index contributed by atoms with van der Waals surface area (Å²) in [6.45, 7) is 0. The summed E-state index contributed by atoms with van der Waals surface area (Å²) < 4.78 is 8.77. The summed E-state index contributed by atoms with van der Waals surface area (Å²) in [6, 6.07) is 55.2. The average Bonchev–Trinajstić information content (AvgIpc) is 3.70. The highest BCUT2D eigenvalue weighted by Gasteiger charge is 2.20. The molecule has 0 aliphatic heterocycles. The minimum atomic E-state index is 0.919. The van der Waals surface area contributed by atoms with Crippen molar-refractivity contribution in [2.75, 3.05) is 0 Å². The summed E-state index contributed by atoms with van der Waals surface area (Å²) in [7, 11) is 0. The van der Waals surface area contributed by atoms with E-state index < -0.39 is 0 Å². The van der Waals surface area contributed by atoms with Crippen LogP contribution in [0.15, 0.2) is 162 Å². The van der Waals surface area contributed by atoms with Gasteiger partial charge in [0.15, 0.2) is 0 Å². The zero-order chi connectivity index (χ0) is 30.2. The van der Waals surface area contributed by atoms with Gasteiger partial charge in [-0.3, -0.25) is 0 Å². The molecule has 10 aromatic rings. The summed E-state index contributed by atoms with van der Waals surface area (Å²) >= 11 is 1.86. The molecule has 0 unspecified atom stereocenters. The first-order chi connectivity index (χ1) is 22.8. The van der Waals surface area contributed by atoms with Gasteiger partial charge in [-0.25, -0.2) is 0 Å². The van der Waals surface area contributed by atoms with E-state index in [1.807, 2.05) is 17.6 Å². The van der Waals surface area contributed by atoms with Crippen LogP contribution in [-0.2, 0) is 0 Å². The van der Waals surface area contributed by atoms with Crippen LogP contribution in [0.2, 0.25) is 0 Å². The standard InChI is InChI=1S/C44H26OS/c1-2-12-28(13-3-1)38-26-45-39-24-37-41(25-36(38)39)46-40-20-10-19-35(44(37)40)43-33-17-8-6-15-31(33)42(32-16-7-9-18-34(32)43)30-22-21-27-11-4-5-14-29(27)23-30/h1-26H. The Balaban J connectivity index is 1.28. The number of hydrogen-bond acceptors (Lipinski definition) is 2. The zero-order valence-electron chi connectivity index (χ0n) is 24.8. The Hall–Kier alpha value is -5.70. The number of thiophene rings is 1. The van der Waals surface area contributed by atoms with Crippen molar-refractivity contribution >= 4 is 74.8 Å². The van der Waals surface area contributed by atoms with Gasteiger partial charge >= 0.3 is 0 Å². The normalized spacial score (nSPS) is 11.9. The molecule has 46 heavy (non-hydrogen) atoms. The van der Waals surface area contributed by atoms with Crippen molar-refractivity contribution in [2.45, 2.75) is 0 Å². The van der Waals surface area contributed by atoms with Gasteiger partial charge in [0, 0.05) is 31.1 Å². The van der Waals surface area contributed by atoms with Gasteiger partial charge in [0.05, 0.1) is 6.26 Å². The molecule has 0 spiro atoms. The second-order valence-corrected chi connectivity index (χ2v) is 13.1. The van der Waals surface area contributed by atoms with Crippen LogP contribution >= 0.6 is 11.3 Å². The second-order valence-electron chi connectivity index (χ2n) is 12.0. The van der Waals surface area contributed by atoms with Crippen LogP contribution in [0.1, 0.15) is 0 Å². The fourth-order valence-electron chi connectivity index (χ4n) is 7.47. The minimum Gasteiger partial charge on any atom is -0.464 e. The number of hydrogen-bond donors (Lipinski definition) is 0. The third-order valence-electron chi connectivity index (χ3n) is 9.51. The topological polar surface area (TPSA) is 13.1 Å². The minimum absolute atomic E-state index is 0.919. The maximum atomic E-state index is 6.22. The molecule has 0 aliphatic carbocycles. The van der Waals surface area contributed by atoms with E-state index >= 15 is 0 Å². The quantitative estimate of drug-likeness (QED) is 0.183. The average molecular weight is 603 g/mol. The molecular weight excluding hydrogens is 577 g/mol. The molecule has 2 heteroatoms. The van der Waals surface area contributed by atoms with Gasteiger partial charge < -0.3 is 4.42 Å². The van der Waals surface area contributed by atoms with E-state index in [1.54, 1.807) is 0 Å². The third-order valence-corrected chi connectivity index (χ3v) is 10.6. The van der Waals surface area contributed by atoms with E-state index in [0.29, 0.717) is 0 Å². The van der Waals surface area contributed by atoms with E-state index in [4.69, 9.17) is 4.42 Å². The number of fused-ring (bicyclic) bond motifs is 7. The lowest BCUT2D eigenvalue weighted by atomic mass is 9.84. The Morgan fingerprint density at radius 2 is 1.07 bits per heavy atom. The van der Waals surface area contributed by atoms with Crippen LogP contribution in [0.5, 0.6) is 0 Å². The van der Waals surface area contributed by atoms with Crippen molar-refractivity contribution < 1.29 is 4.42 Å². The van der Waals surface area contributed by atoms with Crippen molar-refractivity contribution in [1.82, 2.24) is 0 Å². The van der Waals surface area contributed by atoms with E-state index in [-0.39, 0.29) is 0 Å². The molecule has 0 saturated heterocycles. The molecule has 2 heterocycles. The third kappa shape index (κ3) is 3.74. The predicted molar refractivity (Wildman–Crippen MR) is 198 cm³/mol. The Morgan fingerprint density at radius 1 is 0.391 bits per heavy atom. The maximum Gasteiger partial charge on any atom is 0.135 e. The molecule has 10 rings (SSSR count). The molecule has 0 aliphatic rings. The molecule has 0 bridgehead atoms. The lowest BCUT2D eigenvalue weighted by Crippen LogP contribution is -1.91. The first-order valence-electron chi connectivity index (χ1n) is 15.7. The Morgan fingerprint density at radius 3 is 1.83 bits per heavy atom. The molecule has 214 valence electrons. The Kier molecular flexibility index (Phi) is 5.51. The molecule has 2 aromatic heterocycles. The molecule has 0 fully saturated rings. The lowest BCUT2D eigenvalue weighted by Gasteiger charge is -2.18. The second kappa shape index (κ2) is 9.90. The monoisotopic (exact) mass is 602 g/mol. The van der Waals surface area contributed by atoms with E-state index in [0.717, 1.165) is 16.5 Å². The van der Waals surface area contributed by atoms with Gasteiger partial charge in [0.2, 0.25) is 0 Å². The molecule has 0 N–H and O–H groups in total. The summed E-state index contributed by atoms with van der Waals surface area (Å²) in [4.78, 5) is 0. The van der Waals surface area contributed by atoms with Crippen molar-refractivity contribution in [2.24, 2.45) is 0 Å². The molecule has 0 atom stereocenters. The van der Waals surface area contributed by atoms with Crippen molar-refractivity contribution in [3.05, 3.63) is 158 Å². The highest BCUT2D eigenvalue weighted by molar-refractivity contribution is 7.26. The van der Waals surface area contributed by atoms with Crippen LogP contribution in [0, 0.1) is 0 Å². The van der Waals surface area contributed by atoms with Gasteiger partial charge in [0.25, 0.3) is 0 Å². The van der Waals surface area contributed by atoms with E-state index in [1.165, 1.54) is 80.3 Å². The van der Waals surface area contributed by atoms with Crippen LogP contribution < -0.4 is 0 Å². The molecule has 8 aromatic carbocycles. The first kappa shape index (κ1) is 25.6. The molecular formula is C44H26OS. The largest absolute Gasteiger partial charge is 0.464 e. The number of furan rings is 1. The van der Waals surface area contributed by atoms with Gasteiger partial charge in [0.1, 0.15) is 5.58 Å². The lowest BCUT2D eigenvalue weighted by molar-refractivity contribution is 0.617. The van der Waals surface area contributed by atoms with Crippen molar-refractivity contribution in [3.63, 3.8) is 0 Å². The Bertz CT molecular complexity index is 2740. The Labute approximate surface area is 269 Å². The highest BCUT2D eigenvalue weighted by atomic mass is 32.1. The van der Waals surface area contributed by atoms with E-state index in [2.05, 4.69) is 152 Å². The smallest absolute Gasteiger partial charge is 0.135 e. The summed E-state index contributed by atoms with van der Waals surface area (Å²) in [5, 5.41) is 11.3. The molecule has 0 radical (unpaired) electrons. The van der Waals surface area contributed by atoms with E-state index in [9.17, 15) is 0 Å². The van der Waals surface area contributed by atoms with Gasteiger partial charge in [-0.1, -0.05) is 127 Å². The number of benzene rings is 8. The summed E-state index contributed by atoms with van der Waals surface area (Å²) in [5.74, 6) is 0.